The number of halogens is 3. The summed E-state index contributed by atoms with van der Waals surface area (Å²) in [6.45, 7) is 5.83. The van der Waals surface area contributed by atoms with Gasteiger partial charge in [0.1, 0.15) is 17.5 Å². The smallest absolute Gasteiger partial charge is 0.167 e. The van der Waals surface area contributed by atoms with Crippen LogP contribution in [-0.2, 0) is 11.4 Å². The second-order valence-electron chi connectivity index (χ2n) is 5.20. The Kier molecular flexibility index (Phi) is 3.58. The molecule has 6 heteroatoms. The van der Waals surface area contributed by atoms with E-state index < -0.39 is 11.6 Å². The molecular formula is C13H14ClF2N3. The van der Waals surface area contributed by atoms with Gasteiger partial charge in [0.2, 0.25) is 0 Å². The number of hydrogen-bond acceptors (Lipinski definition) is 2. The van der Waals surface area contributed by atoms with E-state index in [1.54, 1.807) is 4.57 Å². The molecule has 1 aromatic carbocycles. The van der Waals surface area contributed by atoms with E-state index in [4.69, 9.17) is 11.6 Å². The van der Waals surface area contributed by atoms with Gasteiger partial charge in [0.25, 0.3) is 0 Å². The first-order chi connectivity index (χ1) is 8.84. The van der Waals surface area contributed by atoms with E-state index in [1.807, 2.05) is 20.8 Å². The summed E-state index contributed by atoms with van der Waals surface area (Å²) in [4.78, 5) is 0. The molecule has 0 unspecified atom stereocenters. The van der Waals surface area contributed by atoms with E-state index in [0.717, 1.165) is 6.07 Å². The van der Waals surface area contributed by atoms with Gasteiger partial charge >= 0.3 is 0 Å². The molecule has 0 spiro atoms. The van der Waals surface area contributed by atoms with Crippen LogP contribution in [0.2, 0.25) is 0 Å². The van der Waals surface area contributed by atoms with Gasteiger partial charge in [-0.15, -0.1) is 21.8 Å². The number of rotatable bonds is 2. The molecule has 3 nitrogen and oxygen atoms in total. The van der Waals surface area contributed by atoms with Crippen molar-refractivity contribution in [1.82, 2.24) is 14.8 Å². The maximum absolute atomic E-state index is 13.9. The van der Waals surface area contributed by atoms with Crippen LogP contribution in [-0.4, -0.2) is 14.8 Å². The fourth-order valence-electron chi connectivity index (χ4n) is 1.95. The Morgan fingerprint density at radius 1 is 1.21 bits per heavy atom. The summed E-state index contributed by atoms with van der Waals surface area (Å²) >= 11 is 5.83. The molecule has 2 rings (SSSR count). The molecule has 0 aliphatic heterocycles. The minimum atomic E-state index is -0.668. The van der Waals surface area contributed by atoms with Gasteiger partial charge in [-0.2, -0.15) is 0 Å². The lowest BCUT2D eigenvalue weighted by Crippen LogP contribution is -2.25. The number of benzene rings is 1. The van der Waals surface area contributed by atoms with Crippen molar-refractivity contribution in [1.29, 1.82) is 0 Å². The van der Waals surface area contributed by atoms with E-state index in [0.29, 0.717) is 11.6 Å². The lowest BCUT2D eigenvalue weighted by molar-refractivity contribution is 0.389. The largest absolute Gasteiger partial charge is 0.305 e. The Balaban J connectivity index is 2.66. The lowest BCUT2D eigenvalue weighted by atomic mass is 10.1. The fraction of sp³-hybridized carbons (Fsp3) is 0.385. The van der Waals surface area contributed by atoms with Crippen LogP contribution in [0.25, 0.3) is 11.4 Å². The number of aromatic nitrogens is 3. The Morgan fingerprint density at radius 3 is 2.42 bits per heavy atom. The lowest BCUT2D eigenvalue weighted by Gasteiger charge is -2.24. The Morgan fingerprint density at radius 2 is 1.89 bits per heavy atom. The van der Waals surface area contributed by atoms with Crippen molar-refractivity contribution < 1.29 is 8.78 Å². The number of alkyl halides is 1. The zero-order valence-corrected chi connectivity index (χ0v) is 11.7. The summed E-state index contributed by atoms with van der Waals surface area (Å²) in [5.74, 6) is -0.221. The highest BCUT2D eigenvalue weighted by Crippen LogP contribution is 2.28. The molecule has 0 atom stereocenters. The summed E-state index contributed by atoms with van der Waals surface area (Å²) in [5.41, 5.74) is -0.149. The predicted molar refractivity (Wildman–Crippen MR) is 69.9 cm³/mol. The zero-order chi connectivity index (χ0) is 14.2. The van der Waals surface area contributed by atoms with Gasteiger partial charge in [-0.1, -0.05) is 0 Å². The van der Waals surface area contributed by atoms with Crippen LogP contribution in [0.1, 0.15) is 26.6 Å². The standard InChI is InChI=1S/C13H14ClF2N3/c1-13(2,3)19-11(7-14)17-18-12(19)9-5-4-8(15)6-10(9)16/h4-6H,7H2,1-3H3. The minimum absolute atomic E-state index is 0.174. The normalized spacial score (nSPS) is 11.9. The minimum Gasteiger partial charge on any atom is -0.305 e. The summed E-state index contributed by atoms with van der Waals surface area (Å²) in [5, 5.41) is 7.94. The van der Waals surface area contributed by atoms with E-state index in [1.165, 1.54) is 12.1 Å². The maximum atomic E-state index is 13.9. The van der Waals surface area contributed by atoms with Crippen LogP contribution < -0.4 is 0 Å². The third kappa shape index (κ3) is 2.61. The molecule has 102 valence electrons. The Labute approximate surface area is 115 Å². The van der Waals surface area contributed by atoms with Crippen molar-refractivity contribution in [3.8, 4) is 11.4 Å². The monoisotopic (exact) mass is 285 g/mol. The van der Waals surface area contributed by atoms with E-state index in [9.17, 15) is 8.78 Å². The van der Waals surface area contributed by atoms with Gasteiger partial charge in [0, 0.05) is 11.6 Å². The average molecular weight is 286 g/mol. The molecule has 0 radical (unpaired) electrons. The van der Waals surface area contributed by atoms with Gasteiger partial charge in [0.05, 0.1) is 11.4 Å². The fourth-order valence-corrected chi connectivity index (χ4v) is 2.13. The van der Waals surface area contributed by atoms with Crippen molar-refractivity contribution in [2.24, 2.45) is 0 Å². The summed E-state index contributed by atoms with van der Waals surface area (Å²) in [6.07, 6.45) is 0. The molecule has 0 aliphatic carbocycles. The highest BCUT2D eigenvalue weighted by Gasteiger charge is 2.25. The van der Waals surface area contributed by atoms with Crippen molar-refractivity contribution in [2.45, 2.75) is 32.2 Å². The number of hydrogen-bond donors (Lipinski definition) is 0. The second kappa shape index (κ2) is 4.89. The second-order valence-corrected chi connectivity index (χ2v) is 5.47. The third-order valence-corrected chi connectivity index (χ3v) is 2.93. The van der Waals surface area contributed by atoms with Crippen LogP contribution in [0, 0.1) is 11.6 Å². The topological polar surface area (TPSA) is 30.7 Å². The summed E-state index contributed by atoms with van der Waals surface area (Å²) < 4.78 is 28.6. The van der Waals surface area contributed by atoms with Crippen LogP contribution >= 0.6 is 11.6 Å². The molecule has 0 aliphatic rings. The van der Waals surface area contributed by atoms with E-state index >= 15 is 0 Å². The molecule has 19 heavy (non-hydrogen) atoms. The first-order valence-corrected chi connectivity index (χ1v) is 6.34. The summed E-state index contributed by atoms with van der Waals surface area (Å²) in [7, 11) is 0. The molecule has 0 fully saturated rings. The molecule has 2 aromatic rings. The first-order valence-electron chi connectivity index (χ1n) is 5.80. The SMILES string of the molecule is CC(C)(C)n1c(CCl)nnc1-c1ccc(F)cc1F. The molecule has 1 aromatic heterocycles. The molecule has 1 heterocycles. The Hall–Kier alpha value is -1.49. The van der Waals surface area contributed by atoms with Crippen molar-refractivity contribution in [3.05, 3.63) is 35.7 Å². The van der Waals surface area contributed by atoms with Crippen LogP contribution in [0.4, 0.5) is 8.78 Å². The van der Waals surface area contributed by atoms with Gasteiger partial charge < -0.3 is 4.57 Å². The predicted octanol–water partition coefficient (Wildman–Crippen LogP) is 3.72. The highest BCUT2D eigenvalue weighted by atomic mass is 35.5. The van der Waals surface area contributed by atoms with E-state index in [2.05, 4.69) is 10.2 Å². The van der Waals surface area contributed by atoms with Gasteiger partial charge in [0.15, 0.2) is 5.82 Å². The zero-order valence-electron chi connectivity index (χ0n) is 10.9. The van der Waals surface area contributed by atoms with E-state index in [-0.39, 0.29) is 17.0 Å². The van der Waals surface area contributed by atoms with Gasteiger partial charge in [-0.05, 0) is 32.9 Å². The molecule has 0 saturated carbocycles. The number of nitrogens with zero attached hydrogens (tertiary/aromatic N) is 3. The van der Waals surface area contributed by atoms with Crippen molar-refractivity contribution in [3.63, 3.8) is 0 Å². The average Bonchev–Trinajstić information content (AvgIpc) is 2.72. The molecule has 0 saturated heterocycles. The molecule has 0 N–H and O–H groups in total. The van der Waals surface area contributed by atoms with Crippen molar-refractivity contribution in [2.75, 3.05) is 0 Å². The molecular weight excluding hydrogens is 272 g/mol. The van der Waals surface area contributed by atoms with Gasteiger partial charge in [-0.25, -0.2) is 8.78 Å². The molecule has 0 amide bonds. The Bertz CT molecular complexity index is 602. The van der Waals surface area contributed by atoms with Crippen molar-refractivity contribution >= 4 is 11.6 Å². The van der Waals surface area contributed by atoms with Crippen LogP contribution in [0.5, 0.6) is 0 Å². The highest BCUT2D eigenvalue weighted by molar-refractivity contribution is 6.16. The molecule has 0 bridgehead atoms. The maximum Gasteiger partial charge on any atom is 0.167 e. The summed E-state index contributed by atoms with van der Waals surface area (Å²) in [6, 6.07) is 3.38. The first kappa shape index (κ1) is 13.9. The van der Waals surface area contributed by atoms with Crippen LogP contribution in [0.15, 0.2) is 18.2 Å². The third-order valence-electron chi connectivity index (χ3n) is 2.69. The quantitative estimate of drug-likeness (QED) is 0.788. The van der Waals surface area contributed by atoms with Crippen LogP contribution in [0.3, 0.4) is 0 Å². The van der Waals surface area contributed by atoms with Gasteiger partial charge in [-0.3, -0.25) is 0 Å².